The number of halogens is 4. The summed E-state index contributed by atoms with van der Waals surface area (Å²) in [6.07, 6.45) is 0. The number of anilines is 1. The van der Waals surface area contributed by atoms with Crippen molar-refractivity contribution in [3.63, 3.8) is 0 Å². The minimum atomic E-state index is -0.226. The summed E-state index contributed by atoms with van der Waals surface area (Å²) in [7, 11) is 0. The zero-order valence-corrected chi connectivity index (χ0v) is 13.1. The lowest BCUT2D eigenvalue weighted by Gasteiger charge is -2.10. The maximum absolute atomic E-state index is 13.5. The molecule has 2 aromatic rings. The van der Waals surface area contributed by atoms with Crippen LogP contribution in [-0.4, -0.2) is 0 Å². The number of benzene rings is 2. The Morgan fingerprint density at radius 1 is 1.11 bits per heavy atom. The average molecular weight is 393 g/mol. The second kappa shape index (κ2) is 6.04. The summed E-state index contributed by atoms with van der Waals surface area (Å²) in [6.45, 7) is 0.408. The first-order valence-electron chi connectivity index (χ1n) is 5.19. The Kier molecular flexibility index (Phi) is 4.65. The molecule has 0 unspecified atom stereocenters. The smallest absolute Gasteiger partial charge is 0.128 e. The molecule has 0 fully saturated rings. The molecule has 0 aromatic heterocycles. The first kappa shape index (κ1) is 13.8. The second-order valence-corrected chi connectivity index (χ2v) is 5.92. The van der Waals surface area contributed by atoms with Gasteiger partial charge < -0.3 is 5.32 Å². The summed E-state index contributed by atoms with van der Waals surface area (Å²) in [5, 5.41) is 3.81. The molecule has 2 rings (SSSR count). The van der Waals surface area contributed by atoms with Crippen LogP contribution in [0.25, 0.3) is 0 Å². The van der Waals surface area contributed by atoms with Gasteiger partial charge in [-0.1, -0.05) is 27.5 Å². The third-order valence-electron chi connectivity index (χ3n) is 2.41. The summed E-state index contributed by atoms with van der Waals surface area (Å²) < 4.78 is 15.3. The van der Waals surface area contributed by atoms with Crippen molar-refractivity contribution in [3.05, 3.63) is 61.7 Å². The topological polar surface area (TPSA) is 12.0 Å². The van der Waals surface area contributed by atoms with Crippen molar-refractivity contribution in [1.82, 2.24) is 0 Å². The van der Waals surface area contributed by atoms with E-state index in [1.54, 1.807) is 24.3 Å². The van der Waals surface area contributed by atoms with E-state index in [1.165, 1.54) is 6.07 Å². The van der Waals surface area contributed by atoms with Gasteiger partial charge in [-0.05, 0) is 52.3 Å². The molecule has 0 heterocycles. The van der Waals surface area contributed by atoms with E-state index in [1.807, 2.05) is 6.07 Å². The van der Waals surface area contributed by atoms with E-state index in [0.29, 0.717) is 17.1 Å². The predicted molar refractivity (Wildman–Crippen MR) is 80.6 cm³/mol. The normalized spacial score (nSPS) is 10.4. The van der Waals surface area contributed by atoms with Crippen molar-refractivity contribution in [3.8, 4) is 0 Å². The van der Waals surface area contributed by atoms with Crippen molar-refractivity contribution in [2.45, 2.75) is 6.54 Å². The second-order valence-electron chi connectivity index (χ2n) is 3.71. The monoisotopic (exact) mass is 391 g/mol. The molecule has 94 valence electrons. The maximum Gasteiger partial charge on any atom is 0.128 e. The van der Waals surface area contributed by atoms with E-state index in [9.17, 15) is 4.39 Å². The molecule has 0 aliphatic rings. The van der Waals surface area contributed by atoms with E-state index >= 15 is 0 Å². The molecule has 2 aromatic carbocycles. The Bertz CT molecular complexity index is 575. The molecule has 1 N–H and O–H groups in total. The minimum Gasteiger partial charge on any atom is -0.380 e. The van der Waals surface area contributed by atoms with Gasteiger partial charge in [0.2, 0.25) is 0 Å². The standard InChI is InChI=1S/C13H9Br2ClFN/c14-9-1-3-12(17)8(5-9)7-18-13-4-2-10(16)6-11(13)15/h1-6,18H,7H2. The molecule has 0 amide bonds. The minimum absolute atomic E-state index is 0.226. The molecule has 0 aliphatic heterocycles. The third-order valence-corrected chi connectivity index (χ3v) is 3.79. The van der Waals surface area contributed by atoms with Gasteiger partial charge in [-0.15, -0.1) is 0 Å². The molecule has 18 heavy (non-hydrogen) atoms. The molecule has 5 heteroatoms. The molecular weight excluding hydrogens is 384 g/mol. The van der Waals surface area contributed by atoms with Gasteiger partial charge in [-0.2, -0.15) is 0 Å². The zero-order valence-electron chi connectivity index (χ0n) is 9.18. The SMILES string of the molecule is Fc1ccc(Br)cc1CNc1ccc(Cl)cc1Br. The van der Waals surface area contributed by atoms with Gasteiger partial charge in [-0.25, -0.2) is 4.39 Å². The Morgan fingerprint density at radius 3 is 2.61 bits per heavy atom. The quantitative estimate of drug-likeness (QED) is 0.714. The van der Waals surface area contributed by atoms with Crippen LogP contribution in [0.3, 0.4) is 0 Å². The van der Waals surface area contributed by atoms with Crippen LogP contribution in [0.2, 0.25) is 5.02 Å². The van der Waals surface area contributed by atoms with Crippen molar-refractivity contribution < 1.29 is 4.39 Å². The van der Waals surface area contributed by atoms with Gasteiger partial charge in [0.05, 0.1) is 0 Å². The Labute approximate surface area is 127 Å². The third kappa shape index (κ3) is 3.46. The van der Waals surface area contributed by atoms with E-state index in [2.05, 4.69) is 37.2 Å². The first-order chi connectivity index (χ1) is 8.56. The average Bonchev–Trinajstić information content (AvgIpc) is 2.32. The highest BCUT2D eigenvalue weighted by atomic mass is 79.9. The van der Waals surface area contributed by atoms with Gasteiger partial charge in [0.25, 0.3) is 0 Å². The van der Waals surface area contributed by atoms with Crippen LogP contribution in [0.5, 0.6) is 0 Å². The van der Waals surface area contributed by atoms with Crippen molar-refractivity contribution in [2.24, 2.45) is 0 Å². The zero-order chi connectivity index (χ0) is 13.1. The van der Waals surface area contributed by atoms with Crippen LogP contribution >= 0.6 is 43.5 Å². The highest BCUT2D eigenvalue weighted by molar-refractivity contribution is 9.10. The molecular formula is C13H9Br2ClFN. The summed E-state index contributed by atoms with van der Waals surface area (Å²) >= 11 is 12.6. The fraction of sp³-hybridized carbons (Fsp3) is 0.0769. The van der Waals surface area contributed by atoms with Gasteiger partial charge in [0.15, 0.2) is 0 Å². The molecule has 0 spiro atoms. The lowest BCUT2D eigenvalue weighted by molar-refractivity contribution is 0.612. The molecule has 0 bridgehead atoms. The Hall–Kier alpha value is -0.580. The summed E-state index contributed by atoms with van der Waals surface area (Å²) in [4.78, 5) is 0. The molecule has 0 atom stereocenters. The van der Waals surface area contributed by atoms with Crippen LogP contribution in [0, 0.1) is 5.82 Å². The first-order valence-corrected chi connectivity index (χ1v) is 7.15. The van der Waals surface area contributed by atoms with Gasteiger partial charge >= 0.3 is 0 Å². The van der Waals surface area contributed by atoms with Gasteiger partial charge in [0.1, 0.15) is 5.82 Å². The lowest BCUT2D eigenvalue weighted by atomic mass is 10.2. The largest absolute Gasteiger partial charge is 0.380 e. The van der Waals surface area contributed by atoms with Crippen molar-refractivity contribution >= 4 is 49.1 Å². The van der Waals surface area contributed by atoms with Gasteiger partial charge in [-0.3, -0.25) is 0 Å². The van der Waals surface area contributed by atoms with Gasteiger partial charge in [0, 0.05) is 31.8 Å². The highest BCUT2D eigenvalue weighted by Crippen LogP contribution is 2.26. The van der Waals surface area contributed by atoms with Crippen molar-refractivity contribution in [2.75, 3.05) is 5.32 Å². The number of hydrogen-bond acceptors (Lipinski definition) is 1. The van der Waals surface area contributed by atoms with E-state index in [0.717, 1.165) is 14.6 Å². The van der Waals surface area contributed by atoms with Crippen LogP contribution in [0.4, 0.5) is 10.1 Å². The number of hydrogen-bond donors (Lipinski definition) is 1. The fourth-order valence-electron chi connectivity index (χ4n) is 1.50. The molecule has 0 radical (unpaired) electrons. The molecule has 1 nitrogen and oxygen atoms in total. The fourth-order valence-corrected chi connectivity index (χ4v) is 2.73. The number of rotatable bonds is 3. The van der Waals surface area contributed by atoms with E-state index < -0.39 is 0 Å². The van der Waals surface area contributed by atoms with Crippen LogP contribution < -0.4 is 5.32 Å². The Morgan fingerprint density at radius 2 is 1.89 bits per heavy atom. The van der Waals surface area contributed by atoms with Crippen LogP contribution in [0.15, 0.2) is 45.3 Å². The highest BCUT2D eigenvalue weighted by Gasteiger charge is 2.04. The maximum atomic E-state index is 13.5. The van der Waals surface area contributed by atoms with Crippen molar-refractivity contribution in [1.29, 1.82) is 0 Å². The molecule has 0 aliphatic carbocycles. The lowest BCUT2D eigenvalue weighted by Crippen LogP contribution is -2.02. The molecule has 0 saturated heterocycles. The summed E-state index contributed by atoms with van der Waals surface area (Å²) in [6, 6.07) is 10.3. The predicted octanol–water partition coefficient (Wildman–Crippen LogP) is 5.62. The van der Waals surface area contributed by atoms with E-state index in [4.69, 9.17) is 11.6 Å². The summed E-state index contributed by atoms with van der Waals surface area (Å²) in [5.74, 6) is -0.226. The van der Waals surface area contributed by atoms with Crippen LogP contribution in [-0.2, 0) is 6.54 Å². The summed E-state index contributed by atoms with van der Waals surface area (Å²) in [5.41, 5.74) is 1.48. The van der Waals surface area contributed by atoms with Crippen LogP contribution in [0.1, 0.15) is 5.56 Å². The number of nitrogens with one attached hydrogen (secondary N) is 1. The van der Waals surface area contributed by atoms with E-state index in [-0.39, 0.29) is 5.82 Å². The Balaban J connectivity index is 2.13. The molecule has 0 saturated carbocycles.